The number of nitrogens with one attached hydrogen (secondary N) is 2. The largest absolute Gasteiger partial charge is 0.324 e. The van der Waals surface area contributed by atoms with Crippen molar-refractivity contribution in [2.24, 2.45) is 11.8 Å². The molecule has 1 aliphatic rings. The zero-order valence-electron chi connectivity index (χ0n) is 12.1. The van der Waals surface area contributed by atoms with Gasteiger partial charge >= 0.3 is 0 Å². The van der Waals surface area contributed by atoms with Crippen molar-refractivity contribution < 1.29 is 13.2 Å². The van der Waals surface area contributed by atoms with E-state index in [0.29, 0.717) is 18.2 Å². The van der Waals surface area contributed by atoms with Crippen molar-refractivity contribution in [1.82, 2.24) is 9.71 Å². The Morgan fingerprint density at radius 2 is 2.05 bits per heavy atom. The Balaban J connectivity index is 1.77. The van der Waals surface area contributed by atoms with Gasteiger partial charge in [-0.1, -0.05) is 0 Å². The van der Waals surface area contributed by atoms with Crippen LogP contribution in [0.4, 0.5) is 5.69 Å². The van der Waals surface area contributed by atoms with Crippen LogP contribution in [0.2, 0.25) is 0 Å². The number of carbonyl (C=O) groups is 1. The lowest BCUT2D eigenvalue weighted by molar-refractivity contribution is -0.121. The second-order valence-corrected chi connectivity index (χ2v) is 7.40. The second-order valence-electron chi connectivity index (χ2n) is 5.57. The van der Waals surface area contributed by atoms with Gasteiger partial charge in [0.05, 0.1) is 18.1 Å². The number of carbonyl (C=O) groups excluding carboxylic acids is 1. The molecule has 1 heterocycles. The van der Waals surface area contributed by atoms with Crippen molar-refractivity contribution in [3.8, 4) is 0 Å². The third-order valence-corrected chi connectivity index (χ3v) is 4.47. The third-order valence-electron chi connectivity index (χ3n) is 3.78. The van der Waals surface area contributed by atoms with Crippen molar-refractivity contribution in [3.05, 3.63) is 24.5 Å². The smallest absolute Gasteiger partial charge is 0.227 e. The van der Waals surface area contributed by atoms with Gasteiger partial charge in [-0.25, -0.2) is 13.1 Å². The van der Waals surface area contributed by atoms with Gasteiger partial charge in [-0.15, -0.1) is 0 Å². The SMILES string of the molecule is CS(=O)(=O)NCC1CCC(C(=O)Nc2cccnc2)CC1. The van der Waals surface area contributed by atoms with Gasteiger partial charge < -0.3 is 5.32 Å². The van der Waals surface area contributed by atoms with E-state index in [1.807, 2.05) is 6.07 Å². The molecular weight excluding hydrogens is 290 g/mol. The number of rotatable bonds is 5. The molecule has 0 aromatic carbocycles. The molecule has 1 aromatic rings. The number of pyridine rings is 1. The lowest BCUT2D eigenvalue weighted by Gasteiger charge is -2.27. The van der Waals surface area contributed by atoms with Gasteiger partial charge in [0, 0.05) is 18.7 Å². The van der Waals surface area contributed by atoms with Crippen LogP contribution < -0.4 is 10.0 Å². The van der Waals surface area contributed by atoms with E-state index < -0.39 is 10.0 Å². The topological polar surface area (TPSA) is 88.2 Å². The molecule has 2 N–H and O–H groups in total. The highest BCUT2D eigenvalue weighted by atomic mass is 32.2. The molecule has 0 atom stereocenters. The summed E-state index contributed by atoms with van der Waals surface area (Å²) in [7, 11) is -3.13. The van der Waals surface area contributed by atoms with Gasteiger partial charge in [-0.2, -0.15) is 0 Å². The summed E-state index contributed by atoms with van der Waals surface area (Å²) in [5.41, 5.74) is 0.711. The van der Waals surface area contributed by atoms with Crippen LogP contribution in [-0.4, -0.2) is 32.1 Å². The van der Waals surface area contributed by atoms with Crippen LogP contribution >= 0.6 is 0 Å². The van der Waals surface area contributed by atoms with Crippen LogP contribution in [-0.2, 0) is 14.8 Å². The van der Waals surface area contributed by atoms with E-state index in [2.05, 4.69) is 15.0 Å². The zero-order chi connectivity index (χ0) is 15.3. The molecule has 2 rings (SSSR count). The van der Waals surface area contributed by atoms with E-state index in [1.165, 1.54) is 6.26 Å². The first-order valence-corrected chi connectivity index (χ1v) is 8.99. The fourth-order valence-electron chi connectivity index (χ4n) is 2.58. The molecule has 0 spiro atoms. The predicted octanol–water partition coefficient (Wildman–Crippen LogP) is 1.38. The minimum absolute atomic E-state index is 0.000287. The van der Waals surface area contributed by atoms with Crippen molar-refractivity contribution >= 4 is 21.6 Å². The molecule has 0 saturated heterocycles. The van der Waals surface area contributed by atoms with Gasteiger partial charge in [0.25, 0.3) is 0 Å². The summed E-state index contributed by atoms with van der Waals surface area (Å²) in [6.45, 7) is 0.468. The molecule has 6 nitrogen and oxygen atoms in total. The molecule has 7 heteroatoms. The van der Waals surface area contributed by atoms with Crippen molar-refractivity contribution in [3.63, 3.8) is 0 Å². The van der Waals surface area contributed by atoms with E-state index in [9.17, 15) is 13.2 Å². The van der Waals surface area contributed by atoms with E-state index >= 15 is 0 Å². The fraction of sp³-hybridized carbons (Fsp3) is 0.571. The Morgan fingerprint density at radius 3 is 2.62 bits per heavy atom. The number of hydrogen-bond acceptors (Lipinski definition) is 4. The summed E-state index contributed by atoms with van der Waals surface area (Å²) in [6.07, 6.45) is 7.78. The molecule has 0 aliphatic heterocycles. The van der Waals surface area contributed by atoms with Crippen molar-refractivity contribution in [2.45, 2.75) is 25.7 Å². The molecule has 1 aromatic heterocycles. The normalized spacial score (nSPS) is 22.7. The van der Waals surface area contributed by atoms with E-state index in [1.54, 1.807) is 18.5 Å². The summed E-state index contributed by atoms with van der Waals surface area (Å²) in [6, 6.07) is 3.59. The monoisotopic (exact) mass is 311 g/mol. The average molecular weight is 311 g/mol. The molecule has 1 aliphatic carbocycles. The lowest BCUT2D eigenvalue weighted by atomic mass is 9.81. The van der Waals surface area contributed by atoms with Crippen LogP contribution in [0.25, 0.3) is 0 Å². The zero-order valence-corrected chi connectivity index (χ0v) is 12.9. The molecule has 1 fully saturated rings. The van der Waals surface area contributed by atoms with Gasteiger partial charge in [0.2, 0.25) is 15.9 Å². The minimum atomic E-state index is -3.13. The predicted molar refractivity (Wildman–Crippen MR) is 81.2 cm³/mol. The molecular formula is C14H21N3O3S. The van der Waals surface area contributed by atoms with E-state index in [-0.39, 0.29) is 11.8 Å². The Labute approximate surface area is 125 Å². The highest BCUT2D eigenvalue weighted by Gasteiger charge is 2.26. The number of aromatic nitrogens is 1. The maximum atomic E-state index is 12.1. The Morgan fingerprint density at radius 1 is 1.33 bits per heavy atom. The fourth-order valence-corrected chi connectivity index (χ4v) is 3.12. The first kappa shape index (κ1) is 15.9. The third kappa shape index (κ3) is 5.43. The minimum Gasteiger partial charge on any atom is -0.324 e. The number of nitrogens with zero attached hydrogens (tertiary/aromatic N) is 1. The quantitative estimate of drug-likeness (QED) is 0.860. The van der Waals surface area contributed by atoms with E-state index in [4.69, 9.17) is 0 Å². The van der Waals surface area contributed by atoms with Gasteiger partial charge in [-0.05, 0) is 43.7 Å². The number of sulfonamides is 1. The van der Waals surface area contributed by atoms with Crippen molar-refractivity contribution in [2.75, 3.05) is 18.1 Å². The average Bonchev–Trinajstić information content (AvgIpc) is 2.46. The van der Waals surface area contributed by atoms with Gasteiger partial charge in [0.1, 0.15) is 0 Å². The summed E-state index contributed by atoms with van der Waals surface area (Å²) in [5, 5.41) is 2.87. The van der Waals surface area contributed by atoms with Crippen LogP contribution in [0.3, 0.4) is 0 Å². The maximum Gasteiger partial charge on any atom is 0.227 e. The highest BCUT2D eigenvalue weighted by Crippen LogP contribution is 2.29. The van der Waals surface area contributed by atoms with Crippen LogP contribution in [0.1, 0.15) is 25.7 Å². The molecule has 0 bridgehead atoms. The second kappa shape index (κ2) is 7.00. The summed E-state index contributed by atoms with van der Waals surface area (Å²) >= 11 is 0. The standard InChI is InChI=1S/C14H21N3O3S/c1-21(19,20)16-9-11-4-6-12(7-5-11)14(18)17-13-3-2-8-15-10-13/h2-3,8,10-12,16H,4-7,9H2,1H3,(H,17,18). The molecule has 21 heavy (non-hydrogen) atoms. The highest BCUT2D eigenvalue weighted by molar-refractivity contribution is 7.88. The molecule has 0 unspecified atom stereocenters. The Hall–Kier alpha value is -1.47. The van der Waals surface area contributed by atoms with Crippen LogP contribution in [0.15, 0.2) is 24.5 Å². The number of amides is 1. The first-order chi connectivity index (χ1) is 9.94. The maximum absolute atomic E-state index is 12.1. The first-order valence-electron chi connectivity index (χ1n) is 7.09. The Bertz CT molecular complexity index is 566. The number of anilines is 1. The van der Waals surface area contributed by atoms with E-state index in [0.717, 1.165) is 25.7 Å². The summed E-state index contributed by atoms with van der Waals surface area (Å²) < 4.78 is 24.7. The van der Waals surface area contributed by atoms with Crippen molar-refractivity contribution in [1.29, 1.82) is 0 Å². The number of hydrogen-bond donors (Lipinski definition) is 2. The molecule has 116 valence electrons. The summed E-state index contributed by atoms with van der Waals surface area (Å²) in [4.78, 5) is 16.1. The van der Waals surface area contributed by atoms with Gasteiger partial charge in [0.15, 0.2) is 0 Å². The van der Waals surface area contributed by atoms with Crippen LogP contribution in [0.5, 0.6) is 0 Å². The Kier molecular flexibility index (Phi) is 5.30. The van der Waals surface area contributed by atoms with Gasteiger partial charge in [-0.3, -0.25) is 9.78 Å². The molecule has 1 saturated carbocycles. The summed E-state index contributed by atoms with van der Waals surface area (Å²) in [5.74, 6) is 0.347. The lowest BCUT2D eigenvalue weighted by Crippen LogP contribution is -2.33. The van der Waals surface area contributed by atoms with Crippen LogP contribution in [0, 0.1) is 11.8 Å². The molecule has 1 amide bonds. The molecule has 0 radical (unpaired) electrons.